The van der Waals surface area contributed by atoms with Crippen molar-refractivity contribution in [1.29, 1.82) is 0 Å². The van der Waals surface area contributed by atoms with Gasteiger partial charge in [0.25, 0.3) is 0 Å². The molecule has 0 radical (unpaired) electrons. The lowest BCUT2D eigenvalue weighted by Crippen LogP contribution is -2.36. The number of Topliss-reactive ketones (excluding diaryl/α,β-unsaturated/α-hetero) is 1. The van der Waals surface area contributed by atoms with Crippen molar-refractivity contribution in [2.24, 2.45) is 11.8 Å². The van der Waals surface area contributed by atoms with Crippen LogP contribution in [-0.2, 0) is 4.79 Å². The number of rotatable bonds is 0. The maximum atomic E-state index is 11.2. The van der Waals surface area contributed by atoms with Crippen molar-refractivity contribution in [3.63, 3.8) is 0 Å². The third-order valence-electron chi connectivity index (χ3n) is 3.03. The van der Waals surface area contributed by atoms with Gasteiger partial charge in [-0.1, -0.05) is 29.0 Å². The van der Waals surface area contributed by atoms with E-state index >= 15 is 0 Å². The highest BCUT2D eigenvalue weighted by atomic mass is 127. The minimum Gasteiger partial charge on any atom is -0.300 e. The standard InChI is InChI=1S/C9H13IO/c10-9-6-2-1-3-7(9)5-8(11)4-6/h6-7,9H,1-5H2/t6-,7+,9?. The molecule has 62 valence electrons. The molecule has 0 aliphatic heterocycles. The number of ketones is 1. The van der Waals surface area contributed by atoms with Crippen LogP contribution in [0.3, 0.4) is 0 Å². The Morgan fingerprint density at radius 2 is 1.73 bits per heavy atom. The van der Waals surface area contributed by atoms with E-state index in [1.54, 1.807) is 0 Å². The second-order valence-electron chi connectivity index (χ2n) is 3.84. The Labute approximate surface area is 81.1 Å². The molecule has 2 aliphatic carbocycles. The van der Waals surface area contributed by atoms with Gasteiger partial charge in [0.15, 0.2) is 0 Å². The summed E-state index contributed by atoms with van der Waals surface area (Å²) in [6.45, 7) is 0. The van der Waals surface area contributed by atoms with Gasteiger partial charge in [0, 0.05) is 16.8 Å². The summed E-state index contributed by atoms with van der Waals surface area (Å²) in [7, 11) is 0. The second-order valence-corrected chi connectivity index (χ2v) is 5.28. The van der Waals surface area contributed by atoms with Crippen molar-refractivity contribution in [2.75, 3.05) is 0 Å². The van der Waals surface area contributed by atoms with Crippen LogP contribution in [0.25, 0.3) is 0 Å². The Hall–Kier alpha value is 0.400. The zero-order chi connectivity index (χ0) is 7.84. The second kappa shape index (κ2) is 3.04. The number of alkyl halides is 1. The van der Waals surface area contributed by atoms with Crippen molar-refractivity contribution < 1.29 is 4.79 Å². The highest BCUT2D eigenvalue weighted by Gasteiger charge is 2.37. The van der Waals surface area contributed by atoms with E-state index in [2.05, 4.69) is 22.6 Å². The monoisotopic (exact) mass is 264 g/mol. The molecule has 0 heterocycles. The highest BCUT2D eigenvalue weighted by Crippen LogP contribution is 2.42. The molecule has 2 saturated carbocycles. The molecule has 0 saturated heterocycles. The predicted octanol–water partition coefficient (Wildman–Crippen LogP) is 2.57. The first-order valence-corrected chi connectivity index (χ1v) is 5.67. The third kappa shape index (κ3) is 1.46. The number of fused-ring (bicyclic) bond motifs is 2. The summed E-state index contributed by atoms with van der Waals surface area (Å²) in [5.41, 5.74) is 0. The minimum atomic E-state index is 0.521. The van der Waals surface area contributed by atoms with Crippen molar-refractivity contribution in [1.82, 2.24) is 0 Å². The molecule has 2 fully saturated rings. The number of halogens is 1. The smallest absolute Gasteiger partial charge is 0.133 e. The van der Waals surface area contributed by atoms with Gasteiger partial charge >= 0.3 is 0 Å². The zero-order valence-corrected chi connectivity index (χ0v) is 8.71. The van der Waals surface area contributed by atoms with Crippen LogP contribution in [-0.4, -0.2) is 9.71 Å². The number of carbonyl (C=O) groups is 1. The third-order valence-corrected chi connectivity index (χ3v) is 5.06. The SMILES string of the molecule is O=C1C[C@H]2CCC[C@@H](C1)C2I. The van der Waals surface area contributed by atoms with E-state index in [9.17, 15) is 4.79 Å². The van der Waals surface area contributed by atoms with Crippen LogP contribution in [0.4, 0.5) is 0 Å². The molecule has 0 spiro atoms. The molecule has 2 bridgehead atoms. The Morgan fingerprint density at radius 3 is 2.27 bits per heavy atom. The molecule has 0 N–H and O–H groups in total. The van der Waals surface area contributed by atoms with Gasteiger partial charge in [-0.2, -0.15) is 0 Å². The molecule has 0 aromatic carbocycles. The fourth-order valence-corrected chi connectivity index (χ4v) is 3.67. The molecule has 0 amide bonds. The van der Waals surface area contributed by atoms with E-state index in [0.717, 1.165) is 28.6 Å². The molecule has 3 atom stereocenters. The van der Waals surface area contributed by atoms with Crippen molar-refractivity contribution >= 4 is 28.4 Å². The predicted molar refractivity (Wildman–Crippen MR) is 52.9 cm³/mol. The molecular formula is C9H13IO. The van der Waals surface area contributed by atoms with Crippen molar-refractivity contribution in [3.8, 4) is 0 Å². The normalized spacial score (nSPS) is 44.1. The molecule has 0 aromatic heterocycles. The van der Waals surface area contributed by atoms with E-state index < -0.39 is 0 Å². The van der Waals surface area contributed by atoms with Crippen molar-refractivity contribution in [3.05, 3.63) is 0 Å². The Bertz CT molecular complexity index is 162. The summed E-state index contributed by atoms with van der Waals surface area (Å²) in [5, 5.41) is 0. The minimum absolute atomic E-state index is 0.521. The lowest BCUT2D eigenvalue weighted by Gasteiger charge is -2.38. The summed E-state index contributed by atoms with van der Waals surface area (Å²) in [6.07, 6.45) is 5.72. The average Bonchev–Trinajstić information content (AvgIpc) is 1.92. The lowest BCUT2D eigenvalue weighted by atomic mass is 9.72. The molecule has 1 nitrogen and oxygen atoms in total. The molecule has 2 rings (SSSR count). The zero-order valence-electron chi connectivity index (χ0n) is 6.55. The highest BCUT2D eigenvalue weighted by molar-refractivity contribution is 14.1. The van der Waals surface area contributed by atoms with Gasteiger partial charge in [0.2, 0.25) is 0 Å². The van der Waals surface area contributed by atoms with E-state index in [-0.39, 0.29) is 0 Å². The van der Waals surface area contributed by atoms with Crippen LogP contribution < -0.4 is 0 Å². The Kier molecular flexibility index (Phi) is 2.21. The van der Waals surface area contributed by atoms with Crippen molar-refractivity contribution in [2.45, 2.75) is 36.0 Å². The number of hydrogen-bond acceptors (Lipinski definition) is 1. The topological polar surface area (TPSA) is 17.1 Å². The van der Waals surface area contributed by atoms with Crippen LogP contribution in [0.1, 0.15) is 32.1 Å². The van der Waals surface area contributed by atoms with Gasteiger partial charge in [-0.3, -0.25) is 4.79 Å². The van der Waals surface area contributed by atoms with Gasteiger partial charge in [-0.05, 0) is 24.7 Å². The van der Waals surface area contributed by atoms with E-state index in [4.69, 9.17) is 0 Å². The summed E-state index contributed by atoms with van der Waals surface area (Å²) in [6, 6.07) is 0. The van der Waals surface area contributed by atoms with E-state index in [1.165, 1.54) is 19.3 Å². The summed E-state index contributed by atoms with van der Waals surface area (Å²) < 4.78 is 0.805. The first-order valence-electron chi connectivity index (χ1n) is 4.43. The molecule has 1 unspecified atom stereocenters. The van der Waals surface area contributed by atoms with Gasteiger partial charge in [-0.25, -0.2) is 0 Å². The van der Waals surface area contributed by atoms with Crippen LogP contribution in [0.5, 0.6) is 0 Å². The molecule has 11 heavy (non-hydrogen) atoms. The Balaban J connectivity index is 2.12. The number of carbonyl (C=O) groups excluding carboxylic acids is 1. The number of hydrogen-bond donors (Lipinski definition) is 0. The van der Waals surface area contributed by atoms with E-state index in [1.807, 2.05) is 0 Å². The van der Waals surface area contributed by atoms with Crippen LogP contribution in [0.2, 0.25) is 0 Å². The summed E-state index contributed by atoms with van der Waals surface area (Å²) >= 11 is 2.55. The maximum absolute atomic E-state index is 11.2. The van der Waals surface area contributed by atoms with Gasteiger partial charge in [0.1, 0.15) is 5.78 Å². The maximum Gasteiger partial charge on any atom is 0.133 e. The fourth-order valence-electron chi connectivity index (χ4n) is 2.44. The molecule has 2 heteroatoms. The largest absolute Gasteiger partial charge is 0.300 e. The fraction of sp³-hybridized carbons (Fsp3) is 0.889. The summed E-state index contributed by atoms with van der Waals surface area (Å²) in [5.74, 6) is 1.99. The summed E-state index contributed by atoms with van der Waals surface area (Å²) in [4.78, 5) is 11.2. The van der Waals surface area contributed by atoms with Crippen LogP contribution >= 0.6 is 22.6 Å². The first kappa shape index (κ1) is 8.02. The quantitative estimate of drug-likeness (QED) is 0.485. The van der Waals surface area contributed by atoms with E-state index in [0.29, 0.717) is 5.78 Å². The van der Waals surface area contributed by atoms with Crippen LogP contribution in [0, 0.1) is 11.8 Å². The van der Waals surface area contributed by atoms with Gasteiger partial charge in [-0.15, -0.1) is 0 Å². The Morgan fingerprint density at radius 1 is 1.18 bits per heavy atom. The lowest BCUT2D eigenvalue weighted by molar-refractivity contribution is -0.123. The van der Waals surface area contributed by atoms with Gasteiger partial charge in [0.05, 0.1) is 0 Å². The van der Waals surface area contributed by atoms with Crippen LogP contribution in [0.15, 0.2) is 0 Å². The average molecular weight is 264 g/mol. The first-order chi connectivity index (χ1) is 5.27. The van der Waals surface area contributed by atoms with Gasteiger partial charge < -0.3 is 0 Å². The molecule has 0 aromatic rings. The molecule has 2 aliphatic rings. The molecular weight excluding hydrogens is 251 g/mol.